The highest BCUT2D eigenvalue weighted by Gasteiger charge is 2.26. The molecule has 3 aromatic rings. The van der Waals surface area contributed by atoms with Gasteiger partial charge in [0.1, 0.15) is 29.8 Å². The van der Waals surface area contributed by atoms with Gasteiger partial charge in [-0.15, -0.1) is 0 Å². The Kier molecular flexibility index (Phi) is 5.73. The largest absolute Gasteiger partial charge is 0.491 e. The van der Waals surface area contributed by atoms with E-state index in [9.17, 15) is 14.3 Å². The van der Waals surface area contributed by atoms with Gasteiger partial charge in [0.2, 0.25) is 5.82 Å². The van der Waals surface area contributed by atoms with Crippen LogP contribution in [0.15, 0.2) is 54.9 Å². The van der Waals surface area contributed by atoms with E-state index in [4.69, 9.17) is 4.74 Å². The Hall–Kier alpha value is -2.97. The summed E-state index contributed by atoms with van der Waals surface area (Å²) in [6, 6.07) is 12.3. The Morgan fingerprint density at radius 3 is 2.66 bits per heavy atom. The zero-order valence-corrected chi connectivity index (χ0v) is 15.9. The van der Waals surface area contributed by atoms with Crippen LogP contribution in [0.1, 0.15) is 10.6 Å². The lowest BCUT2D eigenvalue weighted by molar-refractivity contribution is 0.0398. The Labute approximate surface area is 167 Å². The first-order chi connectivity index (χ1) is 14.1. The average Bonchev–Trinajstić information content (AvgIpc) is 3.19. The van der Waals surface area contributed by atoms with Crippen LogP contribution in [-0.2, 0) is 0 Å². The molecule has 0 spiro atoms. The summed E-state index contributed by atoms with van der Waals surface area (Å²) in [6.45, 7) is 3.03. The van der Waals surface area contributed by atoms with Gasteiger partial charge in [-0.1, -0.05) is 18.2 Å². The Balaban J connectivity index is 1.28. The summed E-state index contributed by atoms with van der Waals surface area (Å²) in [5, 5.41) is 10.2. The van der Waals surface area contributed by atoms with Gasteiger partial charge in [0.15, 0.2) is 0 Å². The number of carbonyl (C=O) groups is 1. The molecule has 1 aliphatic rings. The number of benzene rings is 1. The Morgan fingerprint density at radius 2 is 1.90 bits per heavy atom. The highest BCUT2D eigenvalue weighted by molar-refractivity contribution is 5.92. The number of pyridine rings is 1. The van der Waals surface area contributed by atoms with E-state index in [0.717, 1.165) is 5.75 Å². The lowest BCUT2D eigenvalue weighted by Crippen LogP contribution is -2.51. The summed E-state index contributed by atoms with van der Waals surface area (Å²) >= 11 is 0. The number of hydrogen-bond donors (Lipinski definition) is 1. The average molecular weight is 398 g/mol. The van der Waals surface area contributed by atoms with Gasteiger partial charge >= 0.3 is 0 Å². The summed E-state index contributed by atoms with van der Waals surface area (Å²) < 4.78 is 20.9. The second-order valence-electron chi connectivity index (χ2n) is 7.06. The van der Waals surface area contributed by atoms with E-state index in [1.165, 1.54) is 16.7 Å². The van der Waals surface area contributed by atoms with E-state index in [0.29, 0.717) is 32.7 Å². The van der Waals surface area contributed by atoms with Crippen LogP contribution in [0.25, 0.3) is 5.52 Å². The van der Waals surface area contributed by atoms with Gasteiger partial charge in [-0.3, -0.25) is 14.1 Å². The van der Waals surface area contributed by atoms with Crippen LogP contribution in [0.5, 0.6) is 5.75 Å². The number of rotatable bonds is 6. The molecule has 0 radical (unpaired) electrons. The molecule has 1 aliphatic heterocycles. The molecule has 2 aromatic heterocycles. The second kappa shape index (κ2) is 8.59. The Morgan fingerprint density at radius 1 is 1.14 bits per heavy atom. The van der Waals surface area contributed by atoms with E-state index in [2.05, 4.69) is 9.88 Å². The van der Waals surface area contributed by atoms with E-state index in [1.807, 2.05) is 30.3 Å². The lowest BCUT2D eigenvalue weighted by atomic mass is 10.2. The first-order valence-electron chi connectivity index (χ1n) is 9.61. The molecule has 1 atom stereocenters. The number of aromatic nitrogens is 2. The van der Waals surface area contributed by atoms with Gasteiger partial charge in [0, 0.05) is 38.9 Å². The molecule has 1 saturated heterocycles. The standard InChI is InChI=1S/C21H23FN4O3/c22-18-7-4-8-26-19(18)13-23-20(26)21(28)25-11-9-24(10-12-25)14-16(27)15-29-17-5-2-1-3-6-17/h1-8,13,16,27H,9-12,14-15H2. The molecule has 29 heavy (non-hydrogen) atoms. The van der Waals surface area contributed by atoms with Crippen LogP contribution < -0.4 is 4.74 Å². The van der Waals surface area contributed by atoms with Gasteiger partial charge in [-0.25, -0.2) is 9.37 Å². The van der Waals surface area contributed by atoms with Crippen molar-refractivity contribution in [2.75, 3.05) is 39.3 Å². The van der Waals surface area contributed by atoms with Crippen LogP contribution in [0.2, 0.25) is 0 Å². The van der Waals surface area contributed by atoms with E-state index in [-0.39, 0.29) is 23.9 Å². The number of ether oxygens (including phenoxy) is 1. The number of imidazole rings is 1. The van der Waals surface area contributed by atoms with Crippen LogP contribution in [0, 0.1) is 5.82 Å². The molecule has 1 N–H and O–H groups in total. The number of piperazine rings is 1. The van der Waals surface area contributed by atoms with Crippen LogP contribution in [0.4, 0.5) is 4.39 Å². The molecular weight excluding hydrogens is 375 g/mol. The van der Waals surface area contributed by atoms with Crippen molar-refractivity contribution in [3.05, 3.63) is 66.5 Å². The zero-order chi connectivity index (χ0) is 20.2. The third-order valence-electron chi connectivity index (χ3n) is 5.02. The molecule has 0 bridgehead atoms. The number of halogens is 1. The fourth-order valence-electron chi connectivity index (χ4n) is 3.48. The molecule has 1 fully saturated rings. The monoisotopic (exact) mass is 398 g/mol. The van der Waals surface area contributed by atoms with Crippen molar-refractivity contribution >= 4 is 11.4 Å². The number of para-hydroxylation sites is 1. The predicted molar refractivity (Wildman–Crippen MR) is 105 cm³/mol. The maximum absolute atomic E-state index is 13.8. The number of fused-ring (bicyclic) bond motifs is 1. The van der Waals surface area contributed by atoms with Crippen LogP contribution in [-0.4, -0.2) is 75.6 Å². The summed E-state index contributed by atoms with van der Waals surface area (Å²) in [5.74, 6) is 0.313. The smallest absolute Gasteiger partial charge is 0.290 e. The minimum absolute atomic E-state index is 0.212. The normalized spacial score (nSPS) is 16.1. The van der Waals surface area contributed by atoms with Gasteiger partial charge in [-0.2, -0.15) is 0 Å². The molecular formula is C21H23FN4O3. The topological polar surface area (TPSA) is 70.3 Å². The van der Waals surface area contributed by atoms with Crippen LogP contribution in [0.3, 0.4) is 0 Å². The molecule has 0 aliphatic carbocycles. The predicted octanol–water partition coefficient (Wildman–Crippen LogP) is 1.67. The van der Waals surface area contributed by atoms with Crippen molar-refractivity contribution in [1.82, 2.24) is 19.2 Å². The fraction of sp³-hybridized carbons (Fsp3) is 0.333. The molecule has 152 valence electrons. The molecule has 3 heterocycles. The number of carbonyl (C=O) groups excluding carboxylic acids is 1. The van der Waals surface area contributed by atoms with Gasteiger partial charge in [0.05, 0.1) is 6.20 Å². The number of aliphatic hydroxyl groups is 1. The van der Waals surface area contributed by atoms with Crippen molar-refractivity contribution in [2.45, 2.75) is 6.10 Å². The maximum Gasteiger partial charge on any atom is 0.290 e. The number of amides is 1. The van der Waals surface area contributed by atoms with E-state index in [1.54, 1.807) is 17.2 Å². The van der Waals surface area contributed by atoms with E-state index < -0.39 is 11.9 Å². The number of hydrogen-bond acceptors (Lipinski definition) is 5. The zero-order valence-electron chi connectivity index (χ0n) is 15.9. The molecule has 0 saturated carbocycles. The number of β-amino-alcohol motifs (C(OH)–C–C–N with tert-alkyl or cyclic N) is 1. The van der Waals surface area contributed by atoms with Crippen molar-refractivity contribution in [1.29, 1.82) is 0 Å². The quantitative estimate of drug-likeness (QED) is 0.684. The van der Waals surface area contributed by atoms with Gasteiger partial charge < -0.3 is 14.7 Å². The van der Waals surface area contributed by atoms with Gasteiger partial charge in [-0.05, 0) is 24.3 Å². The summed E-state index contributed by atoms with van der Waals surface area (Å²) in [6.07, 6.45) is 2.40. The van der Waals surface area contributed by atoms with Gasteiger partial charge in [0.25, 0.3) is 5.91 Å². The Bertz CT molecular complexity index is 970. The highest BCUT2D eigenvalue weighted by atomic mass is 19.1. The number of nitrogens with zero attached hydrogens (tertiary/aromatic N) is 4. The minimum Gasteiger partial charge on any atom is -0.491 e. The van der Waals surface area contributed by atoms with Crippen molar-refractivity contribution in [2.24, 2.45) is 0 Å². The van der Waals surface area contributed by atoms with Crippen molar-refractivity contribution < 1.29 is 19.0 Å². The summed E-state index contributed by atoms with van der Waals surface area (Å²) in [4.78, 5) is 20.7. The molecule has 4 rings (SSSR count). The molecule has 7 nitrogen and oxygen atoms in total. The maximum atomic E-state index is 13.8. The third kappa shape index (κ3) is 4.38. The third-order valence-corrected chi connectivity index (χ3v) is 5.02. The SMILES string of the molecule is O=C(c1ncc2c(F)cccn12)N1CCN(CC(O)COc2ccccc2)CC1. The molecule has 1 aromatic carbocycles. The van der Waals surface area contributed by atoms with Crippen LogP contribution >= 0.6 is 0 Å². The number of aliphatic hydroxyl groups excluding tert-OH is 1. The first kappa shape index (κ1) is 19.4. The molecule has 1 unspecified atom stereocenters. The lowest BCUT2D eigenvalue weighted by Gasteiger charge is -2.35. The summed E-state index contributed by atoms with van der Waals surface area (Å²) in [5.41, 5.74) is 0.288. The minimum atomic E-state index is -0.614. The molecule has 8 heteroatoms. The first-order valence-corrected chi connectivity index (χ1v) is 9.61. The second-order valence-corrected chi connectivity index (χ2v) is 7.06. The summed E-state index contributed by atoms with van der Waals surface area (Å²) in [7, 11) is 0. The van der Waals surface area contributed by atoms with Crippen molar-refractivity contribution in [3.63, 3.8) is 0 Å². The van der Waals surface area contributed by atoms with E-state index >= 15 is 0 Å². The highest BCUT2D eigenvalue weighted by Crippen LogP contribution is 2.14. The molecule has 1 amide bonds. The fourth-order valence-corrected chi connectivity index (χ4v) is 3.48. The van der Waals surface area contributed by atoms with Crippen molar-refractivity contribution in [3.8, 4) is 5.75 Å².